The zero-order valence-corrected chi connectivity index (χ0v) is 14.2. The van der Waals surface area contributed by atoms with Crippen molar-refractivity contribution in [1.82, 2.24) is 10.6 Å². The second kappa shape index (κ2) is 8.85. The molecular weight excluding hydrogens is 322 g/mol. The predicted molar refractivity (Wildman–Crippen MR) is 93.6 cm³/mol. The summed E-state index contributed by atoms with van der Waals surface area (Å²) in [5.74, 6) is -0.159. The minimum atomic E-state index is -0.119. The fourth-order valence-corrected chi connectivity index (χ4v) is 2.83. The van der Waals surface area contributed by atoms with Gasteiger partial charge in [0, 0.05) is 13.0 Å². The molecule has 1 aromatic carbocycles. The van der Waals surface area contributed by atoms with E-state index in [1.807, 2.05) is 30.5 Å². The highest BCUT2D eigenvalue weighted by Gasteiger charge is 2.10. The first-order valence-electron chi connectivity index (χ1n) is 7.71. The number of nitriles is 1. The molecule has 0 aliphatic carbocycles. The molecule has 2 amide bonds. The van der Waals surface area contributed by atoms with E-state index in [0.29, 0.717) is 29.8 Å². The van der Waals surface area contributed by atoms with E-state index in [1.54, 1.807) is 18.2 Å². The molecular formula is C18H19N3O2S. The van der Waals surface area contributed by atoms with Crippen LogP contribution in [0, 0.1) is 11.3 Å². The molecule has 0 spiro atoms. The summed E-state index contributed by atoms with van der Waals surface area (Å²) < 4.78 is 0. The smallest absolute Gasteiger partial charge is 0.261 e. The zero-order chi connectivity index (χ0) is 17.4. The third-order valence-corrected chi connectivity index (χ3v) is 4.40. The molecule has 6 heteroatoms. The summed E-state index contributed by atoms with van der Waals surface area (Å²) in [5.41, 5.74) is 1.55. The highest BCUT2D eigenvalue weighted by Crippen LogP contribution is 2.13. The first kappa shape index (κ1) is 17.7. The Bertz CT molecular complexity index is 718. The first-order valence-corrected chi connectivity index (χ1v) is 8.59. The van der Waals surface area contributed by atoms with Crippen LogP contribution in [0.15, 0.2) is 41.8 Å². The Hall–Kier alpha value is -2.65. The van der Waals surface area contributed by atoms with E-state index in [0.717, 1.165) is 5.56 Å². The predicted octanol–water partition coefficient (Wildman–Crippen LogP) is 3.01. The molecule has 0 bridgehead atoms. The van der Waals surface area contributed by atoms with Gasteiger partial charge in [0.2, 0.25) is 5.91 Å². The first-order chi connectivity index (χ1) is 11.6. The molecule has 0 aliphatic rings. The molecule has 1 atom stereocenters. The van der Waals surface area contributed by atoms with E-state index in [2.05, 4.69) is 16.7 Å². The van der Waals surface area contributed by atoms with Gasteiger partial charge in [-0.3, -0.25) is 9.59 Å². The highest BCUT2D eigenvalue weighted by molar-refractivity contribution is 7.12. The summed E-state index contributed by atoms with van der Waals surface area (Å²) in [6.45, 7) is 2.37. The third kappa shape index (κ3) is 5.21. The van der Waals surface area contributed by atoms with Gasteiger partial charge in [-0.25, -0.2) is 0 Å². The normalized spacial score (nSPS) is 11.3. The van der Waals surface area contributed by atoms with Crippen molar-refractivity contribution in [3.63, 3.8) is 0 Å². The largest absolute Gasteiger partial charge is 0.351 e. The van der Waals surface area contributed by atoms with Crippen molar-refractivity contribution < 1.29 is 9.59 Å². The van der Waals surface area contributed by atoms with Crippen LogP contribution in [0.3, 0.4) is 0 Å². The average molecular weight is 341 g/mol. The van der Waals surface area contributed by atoms with Gasteiger partial charge in [-0.2, -0.15) is 5.26 Å². The number of carbonyl (C=O) groups is 2. The lowest BCUT2D eigenvalue weighted by molar-refractivity contribution is -0.121. The van der Waals surface area contributed by atoms with Crippen LogP contribution < -0.4 is 10.6 Å². The molecule has 0 saturated carbocycles. The van der Waals surface area contributed by atoms with Crippen molar-refractivity contribution in [3.05, 3.63) is 57.8 Å². The van der Waals surface area contributed by atoms with Crippen molar-refractivity contribution in [1.29, 1.82) is 5.26 Å². The van der Waals surface area contributed by atoms with Crippen molar-refractivity contribution in [3.8, 4) is 6.07 Å². The fourth-order valence-electron chi connectivity index (χ4n) is 2.19. The van der Waals surface area contributed by atoms with Gasteiger partial charge >= 0.3 is 0 Å². The minimum absolute atomic E-state index is 0.0581. The number of hydrogen-bond acceptors (Lipinski definition) is 4. The van der Waals surface area contributed by atoms with Crippen molar-refractivity contribution in [2.75, 3.05) is 6.54 Å². The lowest BCUT2D eigenvalue weighted by Gasteiger charge is -2.14. The molecule has 124 valence electrons. The number of amides is 2. The molecule has 2 N–H and O–H groups in total. The summed E-state index contributed by atoms with van der Waals surface area (Å²) in [6.07, 6.45) is 0.939. The number of rotatable bonds is 7. The Morgan fingerprint density at radius 3 is 2.62 bits per heavy atom. The second-order valence-corrected chi connectivity index (χ2v) is 6.31. The lowest BCUT2D eigenvalue weighted by Crippen LogP contribution is -2.28. The number of hydrogen-bond donors (Lipinski definition) is 2. The fraction of sp³-hybridized carbons (Fsp3) is 0.278. The molecule has 0 aliphatic heterocycles. The van der Waals surface area contributed by atoms with Crippen molar-refractivity contribution in [2.45, 2.75) is 25.8 Å². The Kier molecular flexibility index (Phi) is 6.52. The van der Waals surface area contributed by atoms with Crippen LogP contribution in [0.2, 0.25) is 0 Å². The Morgan fingerprint density at radius 1 is 1.25 bits per heavy atom. The molecule has 1 heterocycles. The summed E-state index contributed by atoms with van der Waals surface area (Å²) >= 11 is 1.39. The van der Waals surface area contributed by atoms with E-state index in [-0.39, 0.29) is 17.9 Å². The molecule has 0 fully saturated rings. The molecule has 0 radical (unpaired) electrons. The van der Waals surface area contributed by atoms with Crippen LogP contribution in [0.5, 0.6) is 0 Å². The monoisotopic (exact) mass is 341 g/mol. The lowest BCUT2D eigenvalue weighted by atomic mass is 10.1. The van der Waals surface area contributed by atoms with Gasteiger partial charge in [-0.05, 0) is 42.5 Å². The van der Waals surface area contributed by atoms with Crippen LogP contribution in [0.25, 0.3) is 0 Å². The number of thiophene rings is 1. The summed E-state index contributed by atoms with van der Waals surface area (Å²) in [5, 5.41) is 16.4. The van der Waals surface area contributed by atoms with Gasteiger partial charge in [0.05, 0.1) is 22.6 Å². The second-order valence-electron chi connectivity index (χ2n) is 5.36. The van der Waals surface area contributed by atoms with Gasteiger partial charge in [0.1, 0.15) is 0 Å². The van der Waals surface area contributed by atoms with E-state index in [9.17, 15) is 9.59 Å². The Balaban J connectivity index is 1.69. The SMILES string of the molecule is CC(NC(=O)CCCNC(=O)c1cccs1)c1ccc(C#N)cc1. The quantitative estimate of drug-likeness (QED) is 0.760. The topological polar surface area (TPSA) is 82.0 Å². The maximum absolute atomic E-state index is 11.9. The average Bonchev–Trinajstić information content (AvgIpc) is 3.13. The van der Waals surface area contributed by atoms with Crippen LogP contribution in [0.4, 0.5) is 0 Å². The van der Waals surface area contributed by atoms with Crippen molar-refractivity contribution >= 4 is 23.2 Å². The molecule has 0 saturated heterocycles. The molecule has 1 unspecified atom stereocenters. The minimum Gasteiger partial charge on any atom is -0.351 e. The van der Waals surface area contributed by atoms with E-state index in [4.69, 9.17) is 5.26 Å². The van der Waals surface area contributed by atoms with Gasteiger partial charge < -0.3 is 10.6 Å². The van der Waals surface area contributed by atoms with E-state index >= 15 is 0 Å². The summed E-state index contributed by atoms with van der Waals surface area (Å²) in [7, 11) is 0. The maximum atomic E-state index is 11.9. The Labute approximate surface area is 145 Å². The molecule has 5 nitrogen and oxygen atoms in total. The van der Waals surface area contributed by atoms with Crippen LogP contribution >= 0.6 is 11.3 Å². The van der Waals surface area contributed by atoms with Gasteiger partial charge in [-0.15, -0.1) is 11.3 Å². The Morgan fingerprint density at radius 2 is 2.00 bits per heavy atom. The highest BCUT2D eigenvalue weighted by atomic mass is 32.1. The van der Waals surface area contributed by atoms with Gasteiger partial charge in [0.15, 0.2) is 0 Å². The molecule has 2 aromatic rings. The van der Waals surface area contributed by atoms with Crippen molar-refractivity contribution in [2.24, 2.45) is 0 Å². The zero-order valence-electron chi connectivity index (χ0n) is 13.4. The van der Waals surface area contributed by atoms with Gasteiger partial charge in [-0.1, -0.05) is 18.2 Å². The summed E-state index contributed by atoms with van der Waals surface area (Å²) in [6, 6.07) is 12.7. The number of nitrogens with one attached hydrogen (secondary N) is 2. The number of benzene rings is 1. The molecule has 24 heavy (non-hydrogen) atoms. The van der Waals surface area contributed by atoms with Crippen LogP contribution in [-0.2, 0) is 4.79 Å². The number of nitrogens with zero attached hydrogens (tertiary/aromatic N) is 1. The van der Waals surface area contributed by atoms with Crippen LogP contribution in [0.1, 0.15) is 46.6 Å². The van der Waals surface area contributed by atoms with E-state index in [1.165, 1.54) is 11.3 Å². The molecule has 1 aromatic heterocycles. The van der Waals surface area contributed by atoms with Gasteiger partial charge in [0.25, 0.3) is 5.91 Å². The standard InChI is InChI=1S/C18H19N3O2S/c1-13(15-8-6-14(12-19)7-9-15)21-17(22)5-2-10-20-18(23)16-4-3-11-24-16/h3-4,6-9,11,13H,2,5,10H2,1H3,(H,20,23)(H,21,22). The molecule has 2 rings (SSSR count). The number of carbonyl (C=O) groups excluding carboxylic acids is 2. The van der Waals surface area contributed by atoms with E-state index < -0.39 is 0 Å². The maximum Gasteiger partial charge on any atom is 0.261 e. The van der Waals surface area contributed by atoms with Crippen LogP contribution in [-0.4, -0.2) is 18.4 Å². The third-order valence-electron chi connectivity index (χ3n) is 3.53. The summed E-state index contributed by atoms with van der Waals surface area (Å²) in [4.78, 5) is 24.4.